The van der Waals surface area contributed by atoms with Crippen molar-refractivity contribution in [3.63, 3.8) is 0 Å². The predicted molar refractivity (Wildman–Crippen MR) is 102 cm³/mol. The zero-order chi connectivity index (χ0) is 19.6. The fourth-order valence-corrected chi connectivity index (χ4v) is 3.14. The number of amides is 2. The molecule has 7 nitrogen and oxygen atoms in total. The lowest BCUT2D eigenvalue weighted by atomic mass is 10.1. The number of ether oxygens (including phenoxy) is 1. The zero-order valence-electron chi connectivity index (χ0n) is 14.8. The molecule has 8 heteroatoms. The third-order valence-electron chi connectivity index (χ3n) is 4.52. The van der Waals surface area contributed by atoms with E-state index in [2.05, 4.69) is 0 Å². The molecule has 0 saturated carbocycles. The molecule has 1 aliphatic heterocycles. The normalized spacial score (nSPS) is 14.1. The monoisotopic (exact) mass is 389 g/mol. The highest BCUT2D eigenvalue weighted by atomic mass is 35.5. The summed E-state index contributed by atoms with van der Waals surface area (Å²) in [6, 6.07) is 9.15. The van der Waals surface area contributed by atoms with Crippen LogP contribution in [0.4, 0.5) is 5.69 Å². The third-order valence-corrected chi connectivity index (χ3v) is 4.84. The molecule has 3 N–H and O–H groups in total. The molecule has 3 rings (SSSR count). The first-order valence-electron chi connectivity index (χ1n) is 8.41. The Labute approximate surface area is 161 Å². The number of aromatic hydroxyl groups is 1. The molecule has 0 bridgehead atoms. The molecule has 2 amide bonds. The maximum Gasteiger partial charge on any atom is 0.257 e. The van der Waals surface area contributed by atoms with E-state index in [1.165, 1.54) is 31.4 Å². The predicted octanol–water partition coefficient (Wildman–Crippen LogP) is 2.23. The second-order valence-corrected chi connectivity index (χ2v) is 6.61. The number of carbonyl (C=O) groups is 2. The van der Waals surface area contributed by atoms with E-state index in [1.54, 1.807) is 21.9 Å². The van der Waals surface area contributed by atoms with E-state index in [-0.39, 0.29) is 17.6 Å². The van der Waals surface area contributed by atoms with E-state index in [9.17, 15) is 14.7 Å². The molecule has 0 aromatic heterocycles. The molecule has 2 aromatic carbocycles. The Bertz CT molecular complexity index is 862. The SMILES string of the molecule is COc1cc(N)c(Cl)cc1C(=O)N1CCN(C(=O)c2ccc(O)cc2)CC1. The minimum Gasteiger partial charge on any atom is -0.508 e. The van der Waals surface area contributed by atoms with Crippen LogP contribution in [0.25, 0.3) is 0 Å². The van der Waals surface area contributed by atoms with Gasteiger partial charge in [0.1, 0.15) is 11.5 Å². The van der Waals surface area contributed by atoms with Gasteiger partial charge in [-0.2, -0.15) is 0 Å². The summed E-state index contributed by atoms with van der Waals surface area (Å²) in [5, 5.41) is 9.63. The first-order valence-corrected chi connectivity index (χ1v) is 8.79. The van der Waals surface area contributed by atoms with Crippen LogP contribution in [-0.4, -0.2) is 60.0 Å². The number of halogens is 1. The van der Waals surface area contributed by atoms with Crippen LogP contribution in [0.3, 0.4) is 0 Å². The van der Waals surface area contributed by atoms with Crippen LogP contribution in [-0.2, 0) is 0 Å². The fourth-order valence-electron chi connectivity index (χ4n) is 2.97. The number of methoxy groups -OCH3 is 1. The van der Waals surface area contributed by atoms with Crippen molar-refractivity contribution in [1.29, 1.82) is 0 Å². The minimum absolute atomic E-state index is 0.109. The average Bonchev–Trinajstić information content (AvgIpc) is 2.69. The molecule has 1 aliphatic rings. The number of phenols is 1. The topological polar surface area (TPSA) is 96.1 Å². The molecular formula is C19H20ClN3O4. The van der Waals surface area contributed by atoms with E-state index in [0.29, 0.717) is 53.8 Å². The molecule has 2 aromatic rings. The molecule has 27 heavy (non-hydrogen) atoms. The highest BCUT2D eigenvalue weighted by molar-refractivity contribution is 6.33. The molecule has 0 atom stereocenters. The van der Waals surface area contributed by atoms with Crippen LogP contribution in [0.5, 0.6) is 11.5 Å². The third kappa shape index (κ3) is 3.93. The second kappa shape index (κ2) is 7.75. The highest BCUT2D eigenvalue weighted by Crippen LogP contribution is 2.30. The summed E-state index contributed by atoms with van der Waals surface area (Å²) >= 11 is 6.05. The largest absolute Gasteiger partial charge is 0.508 e. The number of hydrogen-bond donors (Lipinski definition) is 2. The van der Waals surface area contributed by atoms with Gasteiger partial charge in [0.15, 0.2) is 0 Å². The summed E-state index contributed by atoms with van der Waals surface area (Å²) in [5.41, 5.74) is 6.95. The quantitative estimate of drug-likeness (QED) is 0.785. The van der Waals surface area contributed by atoms with Crippen LogP contribution in [0.2, 0.25) is 5.02 Å². The second-order valence-electron chi connectivity index (χ2n) is 6.21. The van der Waals surface area contributed by atoms with Gasteiger partial charge in [0, 0.05) is 37.8 Å². The van der Waals surface area contributed by atoms with E-state index in [4.69, 9.17) is 22.1 Å². The molecule has 142 valence electrons. The van der Waals surface area contributed by atoms with E-state index >= 15 is 0 Å². The Morgan fingerprint density at radius 3 is 2.15 bits per heavy atom. The first kappa shape index (κ1) is 18.8. The van der Waals surface area contributed by atoms with Gasteiger partial charge in [0.2, 0.25) is 0 Å². The Kier molecular flexibility index (Phi) is 5.41. The van der Waals surface area contributed by atoms with Gasteiger partial charge in [-0.3, -0.25) is 9.59 Å². The number of nitrogens with zero attached hydrogens (tertiary/aromatic N) is 2. The van der Waals surface area contributed by atoms with Crippen LogP contribution < -0.4 is 10.5 Å². The highest BCUT2D eigenvalue weighted by Gasteiger charge is 2.27. The first-order chi connectivity index (χ1) is 12.9. The summed E-state index contributed by atoms with van der Waals surface area (Å²) < 4.78 is 5.25. The molecule has 0 radical (unpaired) electrons. The minimum atomic E-state index is -0.217. The number of piperazine rings is 1. The van der Waals surface area contributed by atoms with Gasteiger partial charge in [0.25, 0.3) is 11.8 Å². The lowest BCUT2D eigenvalue weighted by molar-refractivity contribution is 0.0533. The number of phenolic OH excluding ortho intramolecular Hbond substituents is 1. The Morgan fingerprint density at radius 1 is 1.04 bits per heavy atom. The lowest BCUT2D eigenvalue weighted by Gasteiger charge is -2.35. The van der Waals surface area contributed by atoms with Crippen LogP contribution in [0.1, 0.15) is 20.7 Å². The maximum absolute atomic E-state index is 12.8. The zero-order valence-corrected chi connectivity index (χ0v) is 15.6. The summed E-state index contributed by atoms with van der Waals surface area (Å²) in [6.45, 7) is 1.62. The van der Waals surface area contributed by atoms with Crippen molar-refractivity contribution in [2.75, 3.05) is 39.0 Å². The molecule has 0 unspecified atom stereocenters. The molecule has 0 aliphatic carbocycles. The molecular weight excluding hydrogens is 370 g/mol. The summed E-state index contributed by atoms with van der Waals surface area (Å²) in [7, 11) is 1.47. The molecule has 1 fully saturated rings. The average molecular weight is 390 g/mol. The van der Waals surface area contributed by atoms with E-state index in [0.717, 1.165) is 0 Å². The van der Waals surface area contributed by atoms with Gasteiger partial charge in [-0.25, -0.2) is 0 Å². The van der Waals surface area contributed by atoms with Crippen molar-refractivity contribution in [3.8, 4) is 11.5 Å². The van der Waals surface area contributed by atoms with Crippen molar-refractivity contribution in [1.82, 2.24) is 9.80 Å². The van der Waals surface area contributed by atoms with Gasteiger partial charge >= 0.3 is 0 Å². The van der Waals surface area contributed by atoms with Crippen molar-refractivity contribution in [2.24, 2.45) is 0 Å². The lowest BCUT2D eigenvalue weighted by Crippen LogP contribution is -2.50. The number of benzene rings is 2. The number of nitrogens with two attached hydrogens (primary N) is 1. The number of carbonyl (C=O) groups excluding carboxylic acids is 2. The Hall–Kier alpha value is -2.93. The summed E-state index contributed by atoms with van der Waals surface area (Å²) in [4.78, 5) is 28.7. The van der Waals surface area contributed by atoms with Gasteiger partial charge in [0.05, 0.1) is 23.4 Å². The Morgan fingerprint density at radius 2 is 1.59 bits per heavy atom. The van der Waals surface area contributed by atoms with Crippen LogP contribution in [0.15, 0.2) is 36.4 Å². The number of rotatable bonds is 3. The molecule has 1 saturated heterocycles. The van der Waals surface area contributed by atoms with Gasteiger partial charge < -0.3 is 25.4 Å². The number of nitrogen functional groups attached to an aromatic ring is 1. The van der Waals surface area contributed by atoms with Crippen LogP contribution in [0, 0.1) is 0 Å². The van der Waals surface area contributed by atoms with Crippen LogP contribution >= 0.6 is 11.6 Å². The van der Waals surface area contributed by atoms with Crippen molar-refractivity contribution >= 4 is 29.1 Å². The molecule has 1 heterocycles. The fraction of sp³-hybridized carbons (Fsp3) is 0.263. The van der Waals surface area contributed by atoms with E-state index in [1.807, 2.05) is 0 Å². The smallest absolute Gasteiger partial charge is 0.257 e. The maximum atomic E-state index is 12.8. The number of hydrogen-bond acceptors (Lipinski definition) is 5. The Balaban J connectivity index is 1.69. The van der Waals surface area contributed by atoms with E-state index < -0.39 is 0 Å². The standard InChI is InChI=1S/C19H20ClN3O4/c1-27-17-11-16(21)15(20)10-14(17)19(26)23-8-6-22(7-9-23)18(25)12-2-4-13(24)5-3-12/h2-5,10-11,24H,6-9,21H2,1H3. The van der Waals surface area contributed by atoms with Crippen molar-refractivity contribution < 1.29 is 19.4 Å². The molecule has 0 spiro atoms. The van der Waals surface area contributed by atoms with Gasteiger partial charge in [-0.05, 0) is 30.3 Å². The number of anilines is 1. The summed E-state index contributed by atoms with van der Waals surface area (Å²) in [6.07, 6.45) is 0. The van der Waals surface area contributed by atoms with Crippen molar-refractivity contribution in [2.45, 2.75) is 0 Å². The summed E-state index contributed by atoms with van der Waals surface area (Å²) in [5.74, 6) is 0.128. The van der Waals surface area contributed by atoms with Gasteiger partial charge in [-0.15, -0.1) is 0 Å². The van der Waals surface area contributed by atoms with Crippen molar-refractivity contribution in [3.05, 3.63) is 52.5 Å². The van der Waals surface area contributed by atoms with Gasteiger partial charge in [-0.1, -0.05) is 11.6 Å².